The molecule has 0 heterocycles. The van der Waals surface area contributed by atoms with Crippen molar-refractivity contribution in [2.24, 2.45) is 5.73 Å². The maximum absolute atomic E-state index is 7.48. The first-order chi connectivity index (χ1) is 10.9. The highest BCUT2D eigenvalue weighted by molar-refractivity contribution is 14.1. The number of hydrogen-bond acceptors (Lipinski definition) is 3. The Morgan fingerprint density at radius 1 is 1.04 bits per heavy atom. The number of benzene rings is 2. The summed E-state index contributed by atoms with van der Waals surface area (Å²) in [5.74, 6) is 0. The lowest BCUT2D eigenvalue weighted by atomic mass is 10.2. The van der Waals surface area contributed by atoms with Crippen LogP contribution in [-0.4, -0.2) is 21.2 Å². The summed E-state index contributed by atoms with van der Waals surface area (Å²) in [6, 6.07) is 14.5. The van der Waals surface area contributed by atoms with Gasteiger partial charge in [-0.2, -0.15) is 0 Å². The van der Waals surface area contributed by atoms with Gasteiger partial charge in [-0.25, -0.2) is 0 Å². The molecule has 7 heteroatoms. The van der Waals surface area contributed by atoms with E-state index in [9.17, 15) is 0 Å². The summed E-state index contributed by atoms with van der Waals surface area (Å²) < 4.78 is 0. The number of nitrogens with two attached hydrogens (primary N) is 1. The second-order valence-corrected chi connectivity index (χ2v) is 6.05. The fraction of sp³-hybridized carbons (Fsp3) is 0.125. The van der Waals surface area contributed by atoms with Gasteiger partial charge < -0.3 is 5.73 Å². The third kappa shape index (κ3) is 9.52. The largest absolute Gasteiger partial charge is 0.389 e. The van der Waals surface area contributed by atoms with Gasteiger partial charge in [0.1, 0.15) is 4.99 Å². The Balaban J connectivity index is 0.000000381. The molecule has 0 fully saturated rings. The highest BCUT2D eigenvalue weighted by atomic mass is 127. The number of halogens is 3. The average molecular weight is 499 g/mol. The summed E-state index contributed by atoms with van der Waals surface area (Å²) >= 11 is 19.7. The highest BCUT2D eigenvalue weighted by Crippen LogP contribution is 2.14. The third-order valence-corrected chi connectivity index (χ3v) is 3.75. The van der Waals surface area contributed by atoms with E-state index in [1.165, 1.54) is 11.8 Å². The van der Waals surface area contributed by atoms with Crippen LogP contribution in [0.3, 0.4) is 0 Å². The van der Waals surface area contributed by atoms with Crippen LogP contribution in [0.25, 0.3) is 0 Å². The zero-order valence-corrected chi connectivity index (χ0v) is 17.9. The van der Waals surface area contributed by atoms with E-state index >= 15 is 0 Å². The van der Waals surface area contributed by atoms with Crippen molar-refractivity contribution in [2.45, 2.75) is 0 Å². The first-order valence-electron chi connectivity index (χ1n) is 6.25. The molecule has 0 aromatic heterocycles. The molecule has 0 aliphatic heterocycles. The molecule has 2 nitrogen and oxygen atoms in total. The molecule has 3 N–H and O–H groups in total. The summed E-state index contributed by atoms with van der Waals surface area (Å²) in [6.07, 6.45) is 1.88. The predicted octanol–water partition coefficient (Wildman–Crippen LogP) is 6.05. The van der Waals surface area contributed by atoms with Crippen molar-refractivity contribution in [1.29, 1.82) is 5.41 Å². The minimum Gasteiger partial charge on any atom is -0.389 e. The molecule has 2 aromatic rings. The van der Waals surface area contributed by atoms with E-state index in [1.54, 1.807) is 24.3 Å². The standard InChI is InChI=1S/C8H8ClNS.C7H6ClNS.CH3I/c1-11-8(10)6-3-2-4-7(9)5-6;8-6-3-1-2-5(4-6)7(9)10;1-2/h2-5,10H,1H3;1-4H,(H2,9,10);1H3. The van der Waals surface area contributed by atoms with Crippen LogP contribution in [0.15, 0.2) is 48.5 Å². The molecule has 2 aromatic carbocycles. The lowest BCUT2D eigenvalue weighted by Crippen LogP contribution is -2.08. The SMILES string of the molecule is CI.CSC(=N)c1cccc(Cl)c1.NC(=S)c1cccc(Cl)c1. The van der Waals surface area contributed by atoms with Gasteiger partial charge in [0.15, 0.2) is 0 Å². The van der Waals surface area contributed by atoms with E-state index in [0.717, 1.165) is 11.1 Å². The van der Waals surface area contributed by atoms with Crippen LogP contribution in [-0.2, 0) is 0 Å². The lowest BCUT2D eigenvalue weighted by molar-refractivity contribution is 1.53. The number of thioether (sulfide) groups is 1. The van der Waals surface area contributed by atoms with Crippen LogP contribution in [0.4, 0.5) is 0 Å². The van der Waals surface area contributed by atoms with Crippen molar-refractivity contribution < 1.29 is 0 Å². The summed E-state index contributed by atoms with van der Waals surface area (Å²) in [7, 11) is 0. The quantitative estimate of drug-likeness (QED) is 0.174. The average Bonchev–Trinajstić information content (AvgIpc) is 2.56. The zero-order chi connectivity index (χ0) is 17.8. The summed E-state index contributed by atoms with van der Waals surface area (Å²) in [5.41, 5.74) is 7.04. The molecule has 0 aliphatic carbocycles. The molecule has 0 bridgehead atoms. The van der Waals surface area contributed by atoms with Crippen LogP contribution in [0.1, 0.15) is 11.1 Å². The second kappa shape index (κ2) is 13.0. The van der Waals surface area contributed by atoms with Crippen molar-refractivity contribution in [1.82, 2.24) is 0 Å². The predicted molar refractivity (Wildman–Crippen MR) is 119 cm³/mol. The molecule has 0 radical (unpaired) electrons. The Morgan fingerprint density at radius 2 is 1.48 bits per heavy atom. The summed E-state index contributed by atoms with van der Waals surface area (Å²) in [5, 5.41) is 9.37. The number of nitrogens with one attached hydrogen (secondary N) is 1. The van der Waals surface area contributed by atoms with E-state index < -0.39 is 0 Å². The van der Waals surface area contributed by atoms with Gasteiger partial charge in [-0.3, -0.25) is 5.41 Å². The topological polar surface area (TPSA) is 49.9 Å². The molecular weight excluding hydrogens is 482 g/mol. The summed E-state index contributed by atoms with van der Waals surface area (Å²) in [6.45, 7) is 0. The van der Waals surface area contributed by atoms with Crippen LogP contribution < -0.4 is 5.73 Å². The van der Waals surface area contributed by atoms with Gasteiger partial charge >= 0.3 is 0 Å². The molecule has 0 spiro atoms. The Hall–Kier alpha value is -0.340. The highest BCUT2D eigenvalue weighted by Gasteiger charge is 1.98. The maximum atomic E-state index is 7.48. The molecule has 0 aliphatic rings. The van der Waals surface area contributed by atoms with E-state index in [1.807, 2.05) is 35.5 Å². The summed E-state index contributed by atoms with van der Waals surface area (Å²) in [4.78, 5) is 2.35. The Labute approximate surface area is 170 Å². The van der Waals surface area contributed by atoms with Gasteiger partial charge in [-0.05, 0) is 35.5 Å². The Bertz CT molecular complexity index is 651. The van der Waals surface area contributed by atoms with E-state index in [-0.39, 0.29) is 0 Å². The second-order valence-electron chi connectivity index (χ2n) is 3.92. The van der Waals surface area contributed by atoms with Crippen molar-refractivity contribution in [3.05, 3.63) is 69.7 Å². The van der Waals surface area contributed by atoms with Crippen molar-refractivity contribution >= 4 is 79.8 Å². The molecule has 124 valence electrons. The van der Waals surface area contributed by atoms with Crippen LogP contribution in [0.5, 0.6) is 0 Å². The fourth-order valence-corrected chi connectivity index (χ4v) is 2.26. The van der Waals surface area contributed by atoms with Crippen molar-refractivity contribution in [3.8, 4) is 0 Å². The van der Waals surface area contributed by atoms with Crippen molar-refractivity contribution in [2.75, 3.05) is 11.2 Å². The monoisotopic (exact) mass is 498 g/mol. The molecule has 0 saturated carbocycles. The minimum atomic E-state index is 0.377. The first-order valence-corrected chi connectivity index (χ1v) is 10.8. The van der Waals surface area contributed by atoms with E-state index in [0.29, 0.717) is 20.1 Å². The van der Waals surface area contributed by atoms with Gasteiger partial charge in [0.25, 0.3) is 0 Å². The number of alkyl halides is 1. The van der Waals surface area contributed by atoms with Gasteiger partial charge in [0, 0.05) is 21.2 Å². The van der Waals surface area contributed by atoms with Gasteiger partial charge in [0.05, 0.1) is 5.04 Å². The normalized spacial score (nSPS) is 8.91. The van der Waals surface area contributed by atoms with Crippen LogP contribution in [0, 0.1) is 5.41 Å². The lowest BCUT2D eigenvalue weighted by Gasteiger charge is -1.99. The Kier molecular flexibility index (Phi) is 12.8. The van der Waals surface area contributed by atoms with E-state index in [4.69, 9.17) is 46.6 Å². The molecule has 0 amide bonds. The molecule has 0 unspecified atom stereocenters. The smallest absolute Gasteiger partial charge is 0.104 e. The van der Waals surface area contributed by atoms with Crippen LogP contribution in [0.2, 0.25) is 10.0 Å². The molecule has 2 rings (SSSR count). The number of rotatable bonds is 2. The third-order valence-electron chi connectivity index (χ3n) is 2.40. The fourth-order valence-electron chi connectivity index (χ4n) is 1.39. The Morgan fingerprint density at radius 3 is 1.83 bits per heavy atom. The molecule has 23 heavy (non-hydrogen) atoms. The molecule has 0 atom stereocenters. The van der Waals surface area contributed by atoms with Gasteiger partial charge in [0.2, 0.25) is 0 Å². The maximum Gasteiger partial charge on any atom is 0.104 e. The first kappa shape index (κ1) is 22.7. The van der Waals surface area contributed by atoms with Crippen LogP contribution >= 0.6 is 69.8 Å². The number of hydrogen-bond donors (Lipinski definition) is 2. The molecular formula is C16H17Cl2IN2S2. The zero-order valence-electron chi connectivity index (χ0n) is 12.6. The number of thiocarbonyl (C=S) groups is 1. The van der Waals surface area contributed by atoms with E-state index in [2.05, 4.69) is 22.6 Å². The van der Waals surface area contributed by atoms with Crippen molar-refractivity contribution in [3.63, 3.8) is 0 Å². The molecule has 0 saturated heterocycles. The minimum absolute atomic E-state index is 0.377. The van der Waals surface area contributed by atoms with Gasteiger partial charge in [-0.15, -0.1) is 11.8 Å². The van der Waals surface area contributed by atoms with Gasteiger partial charge in [-0.1, -0.05) is 82.3 Å².